The predicted octanol–water partition coefficient (Wildman–Crippen LogP) is 4.80. The van der Waals surface area contributed by atoms with E-state index < -0.39 is 0 Å². The number of hydrogen-bond acceptors (Lipinski definition) is 2. The molecule has 0 saturated heterocycles. The van der Waals surface area contributed by atoms with Crippen molar-refractivity contribution < 1.29 is 9.13 Å². The Morgan fingerprint density at radius 1 is 1.15 bits per heavy atom. The molecule has 2 aromatic rings. The largest absolute Gasteiger partial charge is 0.456 e. The molecule has 0 unspecified atom stereocenters. The Morgan fingerprint density at radius 3 is 2.55 bits per heavy atom. The van der Waals surface area contributed by atoms with Crippen molar-refractivity contribution in [2.24, 2.45) is 0 Å². The van der Waals surface area contributed by atoms with Crippen LogP contribution in [0.2, 0.25) is 0 Å². The lowest BCUT2D eigenvalue weighted by molar-refractivity contribution is 0.473. The monoisotopic (exact) mass is 337 g/mol. The summed E-state index contributed by atoms with van der Waals surface area (Å²) < 4.78 is 19.8. The van der Waals surface area contributed by atoms with Crippen molar-refractivity contribution >= 4 is 15.9 Å². The Morgan fingerprint density at radius 2 is 1.90 bits per heavy atom. The first-order valence-corrected chi connectivity index (χ1v) is 7.32. The smallest absolute Gasteiger partial charge is 0.141 e. The molecule has 0 heterocycles. The molecule has 20 heavy (non-hydrogen) atoms. The number of hydrogen-bond donors (Lipinski definition) is 1. The van der Waals surface area contributed by atoms with Gasteiger partial charge in [0.15, 0.2) is 0 Å². The number of rotatable bonds is 5. The van der Waals surface area contributed by atoms with Crippen molar-refractivity contribution in [2.45, 2.75) is 20.4 Å². The van der Waals surface area contributed by atoms with Gasteiger partial charge in [0.1, 0.15) is 17.3 Å². The second kappa shape index (κ2) is 6.86. The van der Waals surface area contributed by atoms with Crippen LogP contribution in [-0.4, -0.2) is 6.54 Å². The molecule has 106 valence electrons. The molecule has 0 aliphatic carbocycles. The first-order valence-electron chi connectivity index (χ1n) is 6.53. The molecule has 0 fully saturated rings. The summed E-state index contributed by atoms with van der Waals surface area (Å²) in [5.74, 6) is 1.13. The van der Waals surface area contributed by atoms with Gasteiger partial charge in [0, 0.05) is 6.54 Å². The zero-order chi connectivity index (χ0) is 14.5. The van der Waals surface area contributed by atoms with E-state index in [0.29, 0.717) is 5.75 Å². The van der Waals surface area contributed by atoms with E-state index in [0.717, 1.165) is 28.9 Å². The fraction of sp³-hybridized carbons (Fsp3) is 0.250. The van der Waals surface area contributed by atoms with Crippen molar-refractivity contribution in [3.63, 3.8) is 0 Å². The summed E-state index contributed by atoms with van der Waals surface area (Å²) in [6.07, 6.45) is 0. The minimum atomic E-state index is -0.255. The van der Waals surface area contributed by atoms with Gasteiger partial charge < -0.3 is 10.1 Å². The number of nitrogens with one attached hydrogen (secondary N) is 1. The average Bonchev–Trinajstić information content (AvgIpc) is 2.42. The van der Waals surface area contributed by atoms with Gasteiger partial charge in [-0.15, -0.1) is 0 Å². The molecule has 0 amide bonds. The topological polar surface area (TPSA) is 21.3 Å². The molecule has 4 heteroatoms. The van der Waals surface area contributed by atoms with Crippen LogP contribution in [0.3, 0.4) is 0 Å². The van der Waals surface area contributed by atoms with Crippen LogP contribution in [0.4, 0.5) is 4.39 Å². The quantitative estimate of drug-likeness (QED) is 0.846. The Kier molecular flexibility index (Phi) is 5.15. The molecule has 1 N–H and O–H groups in total. The summed E-state index contributed by atoms with van der Waals surface area (Å²) in [7, 11) is 0. The highest BCUT2D eigenvalue weighted by Gasteiger charge is 2.07. The number of halogens is 2. The van der Waals surface area contributed by atoms with E-state index in [1.165, 1.54) is 17.7 Å². The van der Waals surface area contributed by atoms with Crippen LogP contribution in [0.1, 0.15) is 18.1 Å². The van der Waals surface area contributed by atoms with Gasteiger partial charge in [-0.3, -0.25) is 0 Å². The lowest BCUT2D eigenvalue weighted by atomic mass is 10.2. The summed E-state index contributed by atoms with van der Waals surface area (Å²) in [6, 6.07) is 10.5. The van der Waals surface area contributed by atoms with Gasteiger partial charge in [-0.1, -0.05) is 13.0 Å². The van der Waals surface area contributed by atoms with E-state index in [4.69, 9.17) is 4.74 Å². The minimum absolute atomic E-state index is 0.255. The van der Waals surface area contributed by atoms with Crippen LogP contribution >= 0.6 is 15.9 Å². The van der Waals surface area contributed by atoms with Crippen molar-refractivity contribution in [3.8, 4) is 11.5 Å². The summed E-state index contributed by atoms with van der Waals surface area (Å²) in [5.41, 5.74) is 1.95. The number of aryl methyl sites for hydroxylation is 1. The van der Waals surface area contributed by atoms with Gasteiger partial charge in [-0.05, 0) is 70.9 Å². The summed E-state index contributed by atoms with van der Waals surface area (Å²) >= 11 is 3.51. The van der Waals surface area contributed by atoms with Gasteiger partial charge in [0.05, 0.1) is 4.47 Å². The fourth-order valence-corrected chi connectivity index (χ4v) is 2.36. The first-order chi connectivity index (χ1) is 9.60. The second-order valence-electron chi connectivity index (χ2n) is 4.56. The summed E-state index contributed by atoms with van der Waals surface area (Å²) in [4.78, 5) is 0. The van der Waals surface area contributed by atoms with E-state index >= 15 is 0 Å². The molecule has 0 spiro atoms. The van der Waals surface area contributed by atoms with Crippen LogP contribution < -0.4 is 10.1 Å². The maximum absolute atomic E-state index is 13.1. The SMILES string of the molecule is CCNCc1ccc(Oc2ccc(F)cc2C)c(Br)c1. The lowest BCUT2D eigenvalue weighted by Crippen LogP contribution is -2.11. The van der Waals surface area contributed by atoms with Gasteiger partial charge >= 0.3 is 0 Å². The maximum atomic E-state index is 13.1. The van der Waals surface area contributed by atoms with E-state index in [1.54, 1.807) is 6.07 Å². The molecule has 0 aromatic heterocycles. The number of ether oxygens (including phenoxy) is 1. The maximum Gasteiger partial charge on any atom is 0.141 e. The van der Waals surface area contributed by atoms with Crippen molar-refractivity contribution in [1.29, 1.82) is 0 Å². The second-order valence-corrected chi connectivity index (χ2v) is 5.41. The molecule has 0 saturated carbocycles. The van der Waals surface area contributed by atoms with Gasteiger partial charge in [-0.2, -0.15) is 0 Å². The molecule has 0 aliphatic rings. The van der Waals surface area contributed by atoms with Crippen LogP contribution in [0.5, 0.6) is 11.5 Å². The zero-order valence-electron chi connectivity index (χ0n) is 11.5. The standard InChI is InChI=1S/C16H17BrFNO/c1-3-19-10-12-4-6-16(14(17)9-12)20-15-7-5-13(18)8-11(15)2/h4-9,19H,3,10H2,1-2H3. The van der Waals surface area contributed by atoms with E-state index in [9.17, 15) is 4.39 Å². The first kappa shape index (κ1) is 15.0. The Balaban J connectivity index is 2.17. The van der Waals surface area contributed by atoms with E-state index in [2.05, 4.69) is 28.2 Å². The third-order valence-corrected chi connectivity index (χ3v) is 3.55. The van der Waals surface area contributed by atoms with Crippen LogP contribution in [0.15, 0.2) is 40.9 Å². The van der Waals surface area contributed by atoms with Crippen LogP contribution in [0.25, 0.3) is 0 Å². The third-order valence-electron chi connectivity index (χ3n) is 2.93. The molecule has 0 atom stereocenters. The number of benzene rings is 2. The zero-order valence-corrected chi connectivity index (χ0v) is 13.1. The van der Waals surface area contributed by atoms with Crippen LogP contribution in [0, 0.1) is 12.7 Å². The van der Waals surface area contributed by atoms with E-state index in [1.807, 2.05) is 25.1 Å². The van der Waals surface area contributed by atoms with Crippen molar-refractivity contribution in [3.05, 3.63) is 57.8 Å². The molecular formula is C16H17BrFNO. The normalized spacial score (nSPS) is 10.6. The lowest BCUT2D eigenvalue weighted by Gasteiger charge is -2.11. The molecule has 0 bridgehead atoms. The van der Waals surface area contributed by atoms with Gasteiger partial charge in [-0.25, -0.2) is 4.39 Å². The Bertz CT molecular complexity index is 601. The minimum Gasteiger partial charge on any atom is -0.456 e. The molecule has 0 aliphatic heterocycles. The highest BCUT2D eigenvalue weighted by atomic mass is 79.9. The molecule has 0 radical (unpaired) electrons. The third kappa shape index (κ3) is 3.81. The summed E-state index contributed by atoms with van der Waals surface area (Å²) in [6.45, 7) is 5.66. The molecule has 2 nitrogen and oxygen atoms in total. The summed E-state index contributed by atoms with van der Waals surface area (Å²) in [5, 5.41) is 3.27. The van der Waals surface area contributed by atoms with Gasteiger partial charge in [0.25, 0.3) is 0 Å². The van der Waals surface area contributed by atoms with Crippen molar-refractivity contribution in [2.75, 3.05) is 6.54 Å². The fourth-order valence-electron chi connectivity index (χ4n) is 1.85. The van der Waals surface area contributed by atoms with E-state index in [-0.39, 0.29) is 5.82 Å². The Labute approximate surface area is 127 Å². The van der Waals surface area contributed by atoms with Crippen molar-refractivity contribution in [1.82, 2.24) is 5.32 Å². The molecule has 2 aromatic carbocycles. The Hall–Kier alpha value is -1.39. The highest BCUT2D eigenvalue weighted by molar-refractivity contribution is 9.10. The molecular weight excluding hydrogens is 321 g/mol. The van der Waals surface area contributed by atoms with Gasteiger partial charge in [0.2, 0.25) is 0 Å². The average molecular weight is 338 g/mol. The van der Waals surface area contributed by atoms with Crippen LogP contribution in [-0.2, 0) is 6.54 Å². The molecule has 2 rings (SSSR count). The predicted molar refractivity (Wildman–Crippen MR) is 82.7 cm³/mol. The highest BCUT2D eigenvalue weighted by Crippen LogP contribution is 2.32.